The summed E-state index contributed by atoms with van der Waals surface area (Å²) >= 11 is 3.35. The van der Waals surface area contributed by atoms with Crippen LogP contribution < -0.4 is 4.90 Å². The number of esters is 1. The fourth-order valence-corrected chi connectivity index (χ4v) is 2.24. The number of ether oxygens (including phenoxy) is 1. The smallest absolute Gasteiger partial charge is 0.349 e. The molecule has 0 aliphatic heterocycles. The molecule has 2 aromatic carbocycles. The molecule has 2 rings (SSSR count). The van der Waals surface area contributed by atoms with E-state index in [1.54, 1.807) is 0 Å². The Morgan fingerprint density at radius 1 is 1.17 bits per heavy atom. The van der Waals surface area contributed by atoms with Crippen LogP contribution in [-0.4, -0.2) is 20.1 Å². The van der Waals surface area contributed by atoms with Gasteiger partial charge < -0.3 is 9.64 Å². The second kappa shape index (κ2) is 8.32. The van der Waals surface area contributed by atoms with Gasteiger partial charge in [-0.2, -0.15) is 5.26 Å². The van der Waals surface area contributed by atoms with Crippen molar-refractivity contribution in [1.82, 2.24) is 0 Å². The summed E-state index contributed by atoms with van der Waals surface area (Å²) in [6.45, 7) is 0.130. The molecule has 0 bridgehead atoms. The molecule has 4 nitrogen and oxygen atoms in total. The Labute approximate surface area is 150 Å². The minimum Gasteiger partial charge on any atom is -0.457 e. The Balaban J connectivity index is 2.05. The lowest BCUT2D eigenvalue weighted by Crippen LogP contribution is -2.08. The summed E-state index contributed by atoms with van der Waals surface area (Å²) in [6.07, 6.45) is 1.53. The first-order valence-electron chi connectivity index (χ1n) is 7.30. The highest BCUT2D eigenvalue weighted by Gasteiger charge is 2.11. The third kappa shape index (κ3) is 4.97. The zero-order valence-corrected chi connectivity index (χ0v) is 15.1. The fraction of sp³-hybridized carbons (Fsp3) is 0.158. The highest BCUT2D eigenvalue weighted by atomic mass is 79.9. The average Bonchev–Trinajstić information content (AvgIpc) is 2.59. The maximum Gasteiger partial charge on any atom is 0.349 e. The van der Waals surface area contributed by atoms with E-state index in [1.807, 2.05) is 73.6 Å². The second-order valence-electron chi connectivity index (χ2n) is 5.36. The van der Waals surface area contributed by atoms with E-state index >= 15 is 0 Å². The Kier molecular flexibility index (Phi) is 6.16. The van der Waals surface area contributed by atoms with E-state index in [1.165, 1.54) is 6.08 Å². The highest BCUT2D eigenvalue weighted by Crippen LogP contribution is 2.16. The van der Waals surface area contributed by atoms with E-state index in [-0.39, 0.29) is 12.2 Å². The van der Waals surface area contributed by atoms with Crippen molar-refractivity contribution >= 4 is 33.7 Å². The SMILES string of the molecule is CN(C)c1ccc(/C=C(\C#N)C(=O)OCc2ccc(Br)cc2)cc1. The molecule has 0 radical (unpaired) electrons. The van der Waals surface area contributed by atoms with E-state index in [4.69, 9.17) is 4.74 Å². The van der Waals surface area contributed by atoms with E-state index in [9.17, 15) is 10.1 Å². The molecular formula is C19H17BrN2O2. The first-order chi connectivity index (χ1) is 11.5. The van der Waals surface area contributed by atoms with Gasteiger partial charge in [0, 0.05) is 24.3 Å². The van der Waals surface area contributed by atoms with Crippen molar-refractivity contribution in [3.63, 3.8) is 0 Å². The third-order valence-electron chi connectivity index (χ3n) is 3.34. The molecule has 0 aromatic heterocycles. The van der Waals surface area contributed by atoms with Gasteiger partial charge >= 0.3 is 5.97 Å². The van der Waals surface area contributed by atoms with Crippen molar-refractivity contribution in [2.45, 2.75) is 6.61 Å². The Morgan fingerprint density at radius 3 is 2.33 bits per heavy atom. The van der Waals surface area contributed by atoms with Gasteiger partial charge in [0.15, 0.2) is 0 Å². The summed E-state index contributed by atoms with van der Waals surface area (Å²) < 4.78 is 6.16. The number of nitrogens with zero attached hydrogens (tertiary/aromatic N) is 2. The van der Waals surface area contributed by atoms with Crippen molar-refractivity contribution < 1.29 is 9.53 Å². The van der Waals surface area contributed by atoms with Crippen LogP contribution in [0.3, 0.4) is 0 Å². The zero-order valence-electron chi connectivity index (χ0n) is 13.5. The fourth-order valence-electron chi connectivity index (χ4n) is 1.98. The molecule has 0 spiro atoms. The van der Waals surface area contributed by atoms with Gasteiger partial charge in [-0.3, -0.25) is 0 Å². The van der Waals surface area contributed by atoms with Crippen LogP contribution in [0.2, 0.25) is 0 Å². The predicted molar refractivity (Wildman–Crippen MR) is 98.3 cm³/mol. The zero-order chi connectivity index (χ0) is 17.5. The Bertz CT molecular complexity index is 773. The molecule has 0 amide bonds. The maximum absolute atomic E-state index is 12.1. The van der Waals surface area contributed by atoms with Gasteiger partial charge in [-0.05, 0) is 41.5 Å². The van der Waals surface area contributed by atoms with E-state index in [2.05, 4.69) is 15.9 Å². The predicted octanol–water partition coefficient (Wildman–Crippen LogP) is 4.17. The van der Waals surface area contributed by atoms with Gasteiger partial charge in [0.05, 0.1) is 0 Å². The van der Waals surface area contributed by atoms with Gasteiger partial charge in [0.25, 0.3) is 0 Å². The summed E-state index contributed by atoms with van der Waals surface area (Å²) in [7, 11) is 3.90. The van der Waals surface area contributed by atoms with Crippen molar-refractivity contribution in [3.8, 4) is 6.07 Å². The van der Waals surface area contributed by atoms with Crippen LogP contribution in [0, 0.1) is 11.3 Å². The summed E-state index contributed by atoms with van der Waals surface area (Å²) in [5, 5.41) is 9.20. The highest BCUT2D eigenvalue weighted by molar-refractivity contribution is 9.10. The average molecular weight is 385 g/mol. The number of hydrogen-bond donors (Lipinski definition) is 0. The monoisotopic (exact) mass is 384 g/mol. The minimum absolute atomic E-state index is 0.0234. The number of nitriles is 1. The number of carbonyl (C=O) groups excluding carboxylic acids is 1. The van der Waals surface area contributed by atoms with Crippen LogP contribution in [0.5, 0.6) is 0 Å². The summed E-state index contributed by atoms with van der Waals surface area (Å²) in [5.74, 6) is -0.628. The molecule has 0 fully saturated rings. The van der Waals surface area contributed by atoms with Crippen LogP contribution in [0.1, 0.15) is 11.1 Å². The van der Waals surface area contributed by atoms with Gasteiger partial charge in [0.2, 0.25) is 0 Å². The molecule has 0 heterocycles. The standard InChI is InChI=1S/C19H17BrN2O2/c1-22(2)18-9-5-14(6-10-18)11-16(12-21)19(23)24-13-15-3-7-17(20)8-4-15/h3-11H,13H2,1-2H3/b16-11+. The molecule has 0 saturated carbocycles. The summed E-state index contributed by atoms with van der Waals surface area (Å²) in [5.41, 5.74) is 2.66. The summed E-state index contributed by atoms with van der Waals surface area (Å²) in [6, 6.07) is 16.9. The van der Waals surface area contributed by atoms with Crippen molar-refractivity contribution in [2.24, 2.45) is 0 Å². The molecule has 0 atom stereocenters. The minimum atomic E-state index is -0.628. The van der Waals surface area contributed by atoms with Crippen molar-refractivity contribution in [1.29, 1.82) is 5.26 Å². The van der Waals surface area contributed by atoms with Gasteiger partial charge in [-0.15, -0.1) is 0 Å². The molecule has 5 heteroatoms. The molecule has 0 saturated heterocycles. The molecule has 0 aliphatic carbocycles. The third-order valence-corrected chi connectivity index (χ3v) is 3.87. The number of carbonyl (C=O) groups is 1. The number of benzene rings is 2. The Hall–Kier alpha value is -2.58. The maximum atomic E-state index is 12.1. The number of anilines is 1. The number of rotatable bonds is 5. The van der Waals surface area contributed by atoms with Crippen LogP contribution in [-0.2, 0) is 16.1 Å². The molecule has 2 aromatic rings. The quantitative estimate of drug-likeness (QED) is 0.441. The van der Waals surface area contributed by atoms with Crippen LogP contribution >= 0.6 is 15.9 Å². The van der Waals surface area contributed by atoms with Crippen LogP contribution in [0.15, 0.2) is 58.6 Å². The van der Waals surface area contributed by atoms with Crippen molar-refractivity contribution in [2.75, 3.05) is 19.0 Å². The first-order valence-corrected chi connectivity index (χ1v) is 8.09. The topological polar surface area (TPSA) is 53.3 Å². The number of halogens is 1. The molecule has 0 N–H and O–H groups in total. The lowest BCUT2D eigenvalue weighted by molar-refractivity contribution is -0.139. The molecular weight excluding hydrogens is 368 g/mol. The van der Waals surface area contributed by atoms with E-state index < -0.39 is 5.97 Å². The molecule has 122 valence electrons. The van der Waals surface area contributed by atoms with E-state index in [0.29, 0.717) is 0 Å². The second-order valence-corrected chi connectivity index (χ2v) is 6.27. The Morgan fingerprint density at radius 2 is 1.79 bits per heavy atom. The van der Waals surface area contributed by atoms with Gasteiger partial charge in [-0.25, -0.2) is 4.79 Å². The van der Waals surface area contributed by atoms with Gasteiger partial charge in [-0.1, -0.05) is 40.2 Å². The molecule has 0 aliphatic rings. The lowest BCUT2D eigenvalue weighted by atomic mass is 10.1. The van der Waals surface area contributed by atoms with Gasteiger partial charge in [0.1, 0.15) is 18.2 Å². The van der Waals surface area contributed by atoms with Crippen LogP contribution in [0.25, 0.3) is 6.08 Å². The van der Waals surface area contributed by atoms with Crippen LogP contribution in [0.4, 0.5) is 5.69 Å². The first kappa shape index (κ1) is 17.8. The molecule has 0 unspecified atom stereocenters. The summed E-state index contributed by atoms with van der Waals surface area (Å²) in [4.78, 5) is 14.0. The molecule has 24 heavy (non-hydrogen) atoms. The lowest BCUT2D eigenvalue weighted by Gasteiger charge is -2.11. The number of hydrogen-bond acceptors (Lipinski definition) is 4. The normalized spacial score (nSPS) is 10.8. The van der Waals surface area contributed by atoms with Crippen molar-refractivity contribution in [3.05, 3.63) is 69.7 Å². The largest absolute Gasteiger partial charge is 0.457 e. The van der Waals surface area contributed by atoms with E-state index in [0.717, 1.165) is 21.3 Å².